The molecule has 0 spiro atoms. The van der Waals surface area contributed by atoms with Gasteiger partial charge in [-0.15, -0.1) is 6.54 Å². The Morgan fingerprint density at radius 3 is 1.64 bits per heavy atom. The van der Waals surface area contributed by atoms with Gasteiger partial charge in [0.1, 0.15) is 6.54 Å². The van der Waals surface area contributed by atoms with Gasteiger partial charge in [-0.25, -0.2) is 4.57 Å². The molecule has 1 aromatic rings. The van der Waals surface area contributed by atoms with Crippen molar-refractivity contribution in [3.63, 3.8) is 0 Å². The first kappa shape index (κ1) is 19.2. The van der Waals surface area contributed by atoms with E-state index in [4.69, 9.17) is 5.73 Å². The topological polar surface area (TPSA) is 27.7 Å². The van der Waals surface area contributed by atoms with Crippen molar-refractivity contribution in [1.82, 2.24) is 0 Å². The van der Waals surface area contributed by atoms with Gasteiger partial charge in [-0.05, 0) is 6.42 Å². The third-order valence-electron chi connectivity index (χ3n) is 4.43. The summed E-state index contributed by atoms with van der Waals surface area (Å²) in [5, 5.41) is 0. The van der Waals surface area contributed by atoms with Crippen molar-refractivity contribution in [2.45, 2.75) is 97.1 Å². The van der Waals surface area contributed by atoms with Crippen molar-refractivity contribution < 1.29 is 4.57 Å². The number of hydrogen-bond donors (Lipinski definition) is 0. The quantitative estimate of drug-likeness (QED) is 0.288. The lowest BCUT2D eigenvalue weighted by atomic mass is 10.1. The fourth-order valence-electron chi connectivity index (χ4n) is 2.89. The van der Waals surface area contributed by atoms with E-state index >= 15 is 0 Å². The van der Waals surface area contributed by atoms with Gasteiger partial charge < -0.3 is 5.73 Å². The summed E-state index contributed by atoms with van der Waals surface area (Å²) in [5.41, 5.74) is 8.41. The van der Waals surface area contributed by atoms with E-state index in [1.54, 1.807) is 0 Å². The molecular formula is C20H36N2. The number of hydrogen-bond acceptors (Lipinski definition) is 0. The molecule has 0 fully saturated rings. The highest BCUT2D eigenvalue weighted by Gasteiger charge is 1.99. The highest BCUT2D eigenvalue weighted by atomic mass is 14.9. The first-order valence-corrected chi connectivity index (χ1v) is 9.49. The zero-order valence-electron chi connectivity index (χ0n) is 14.7. The zero-order valence-corrected chi connectivity index (χ0v) is 14.7. The Bertz CT molecular complexity index is 345. The van der Waals surface area contributed by atoms with Crippen molar-refractivity contribution in [3.8, 4) is 0 Å². The molecule has 2 nitrogen and oxygen atoms in total. The Labute approximate surface area is 138 Å². The van der Waals surface area contributed by atoms with Crippen molar-refractivity contribution in [1.29, 1.82) is 0 Å². The molecule has 0 unspecified atom stereocenters. The van der Waals surface area contributed by atoms with Crippen LogP contribution in [0.4, 0.5) is 0 Å². The molecule has 0 saturated carbocycles. The van der Waals surface area contributed by atoms with Crippen molar-refractivity contribution in [3.05, 3.63) is 35.8 Å². The van der Waals surface area contributed by atoms with E-state index in [0.717, 1.165) is 12.1 Å². The molecule has 2 heteroatoms. The van der Waals surface area contributed by atoms with Crippen LogP contribution in [0.5, 0.6) is 0 Å². The molecule has 0 aliphatic heterocycles. The highest BCUT2D eigenvalue weighted by molar-refractivity contribution is 5.08. The van der Waals surface area contributed by atoms with E-state index in [2.05, 4.69) is 36.0 Å². The van der Waals surface area contributed by atoms with Crippen LogP contribution in [0.25, 0.3) is 5.73 Å². The lowest BCUT2D eigenvalue weighted by Crippen LogP contribution is -2.32. The van der Waals surface area contributed by atoms with Gasteiger partial charge in [0.2, 0.25) is 0 Å². The summed E-state index contributed by atoms with van der Waals surface area (Å²) in [5.74, 6) is 0. The molecule has 1 N–H and O–H groups in total. The van der Waals surface area contributed by atoms with Crippen molar-refractivity contribution in [2.24, 2.45) is 0 Å². The Balaban J connectivity index is 1.85. The highest BCUT2D eigenvalue weighted by Crippen LogP contribution is 2.11. The number of unbranched alkanes of at least 4 members (excludes halogenated alkanes) is 11. The second-order valence-electron chi connectivity index (χ2n) is 6.51. The molecule has 126 valence electrons. The Morgan fingerprint density at radius 1 is 0.727 bits per heavy atom. The summed E-state index contributed by atoms with van der Waals surface area (Å²) in [6, 6.07) is 4.13. The van der Waals surface area contributed by atoms with E-state index < -0.39 is 0 Å². The monoisotopic (exact) mass is 304 g/mol. The molecule has 1 heterocycles. The summed E-state index contributed by atoms with van der Waals surface area (Å²) in [7, 11) is 0. The molecular weight excluding hydrogens is 268 g/mol. The van der Waals surface area contributed by atoms with E-state index in [-0.39, 0.29) is 0 Å². The minimum atomic E-state index is 0.388. The summed E-state index contributed by atoms with van der Waals surface area (Å²) < 4.78 is 2.25. The number of aromatic nitrogens is 1. The largest absolute Gasteiger partial charge is 0.674 e. The van der Waals surface area contributed by atoms with Gasteiger partial charge in [0.15, 0.2) is 12.4 Å². The number of nitrogens with zero attached hydrogens (tertiary/aromatic N) is 1. The van der Waals surface area contributed by atoms with Crippen LogP contribution in [0, 0.1) is 0 Å². The third kappa shape index (κ3) is 9.94. The van der Waals surface area contributed by atoms with Gasteiger partial charge >= 0.3 is 0 Å². The van der Waals surface area contributed by atoms with Crippen LogP contribution in [0.15, 0.2) is 24.5 Å². The van der Waals surface area contributed by atoms with Crippen LogP contribution >= 0.6 is 0 Å². The Kier molecular flexibility index (Phi) is 12.0. The van der Waals surface area contributed by atoms with Crippen LogP contribution in [-0.2, 0) is 13.1 Å². The first-order valence-electron chi connectivity index (χ1n) is 9.49. The van der Waals surface area contributed by atoms with Gasteiger partial charge in [-0.3, -0.25) is 0 Å². The van der Waals surface area contributed by atoms with Crippen LogP contribution in [-0.4, -0.2) is 0 Å². The van der Waals surface area contributed by atoms with E-state index in [9.17, 15) is 0 Å². The lowest BCUT2D eigenvalue weighted by molar-refractivity contribution is -0.697. The third-order valence-corrected chi connectivity index (χ3v) is 4.43. The maximum atomic E-state index is 7.31. The molecule has 22 heavy (non-hydrogen) atoms. The fourth-order valence-corrected chi connectivity index (χ4v) is 2.89. The lowest BCUT2D eigenvalue weighted by Gasteiger charge is -2.03. The van der Waals surface area contributed by atoms with E-state index in [1.165, 1.54) is 77.0 Å². The molecule has 0 saturated heterocycles. The molecule has 1 aromatic heterocycles. The maximum Gasteiger partial charge on any atom is 0.168 e. The van der Waals surface area contributed by atoms with Crippen LogP contribution in [0.3, 0.4) is 0 Å². The fraction of sp³-hybridized carbons (Fsp3) is 0.750. The molecule has 0 aromatic carbocycles. The molecule has 0 aliphatic carbocycles. The summed E-state index contributed by atoms with van der Waals surface area (Å²) in [6.07, 6.45) is 21.1. The van der Waals surface area contributed by atoms with Gasteiger partial charge in [0.25, 0.3) is 0 Å². The summed E-state index contributed by atoms with van der Waals surface area (Å²) in [6.45, 7) is 3.79. The number of aryl methyl sites for hydroxylation is 1. The molecule has 0 amide bonds. The molecule has 0 aliphatic rings. The van der Waals surface area contributed by atoms with E-state index in [0.29, 0.717) is 6.54 Å². The van der Waals surface area contributed by atoms with Crippen molar-refractivity contribution >= 4 is 0 Å². The minimum Gasteiger partial charge on any atom is -0.674 e. The molecule has 0 atom stereocenters. The van der Waals surface area contributed by atoms with Gasteiger partial charge in [0.05, 0.1) is 0 Å². The van der Waals surface area contributed by atoms with Crippen LogP contribution < -0.4 is 4.57 Å². The molecule has 0 bridgehead atoms. The predicted molar refractivity (Wildman–Crippen MR) is 95.7 cm³/mol. The predicted octanol–water partition coefficient (Wildman–Crippen LogP) is 6.23. The van der Waals surface area contributed by atoms with Gasteiger partial charge in [0, 0.05) is 18.6 Å². The second-order valence-corrected chi connectivity index (χ2v) is 6.51. The minimum absolute atomic E-state index is 0.388. The summed E-state index contributed by atoms with van der Waals surface area (Å²) >= 11 is 0. The SMILES string of the molecule is CCCCCCCCCCCCCC[n+]1ccc(C[NH-])cc1. The van der Waals surface area contributed by atoms with Gasteiger partial charge in [-0.1, -0.05) is 76.7 Å². The van der Waals surface area contributed by atoms with Crippen LogP contribution in [0.2, 0.25) is 0 Å². The second kappa shape index (κ2) is 13.8. The van der Waals surface area contributed by atoms with Crippen LogP contribution in [0.1, 0.15) is 89.5 Å². The van der Waals surface area contributed by atoms with E-state index in [1.807, 2.05) is 0 Å². The molecule has 1 rings (SSSR count). The normalized spacial score (nSPS) is 11.0. The average Bonchev–Trinajstić information content (AvgIpc) is 2.56. The number of rotatable bonds is 14. The first-order chi connectivity index (χ1) is 10.9. The standard InChI is InChI=1S/C20H36N2/c1-2-3-4-5-6-7-8-9-10-11-12-13-16-22-17-14-20(19-21)15-18-22/h14-15,17-18,21H,2-13,16,19H2,1H3. The Hall–Kier alpha value is -0.890. The molecule has 0 radical (unpaired) electrons. The number of nitrogens with one attached hydrogen (secondary N) is 1. The Morgan fingerprint density at radius 2 is 1.18 bits per heavy atom. The average molecular weight is 305 g/mol. The smallest absolute Gasteiger partial charge is 0.168 e. The van der Waals surface area contributed by atoms with Crippen molar-refractivity contribution in [2.75, 3.05) is 0 Å². The zero-order chi connectivity index (χ0) is 15.9. The summed E-state index contributed by atoms with van der Waals surface area (Å²) in [4.78, 5) is 0. The number of pyridine rings is 1. The maximum absolute atomic E-state index is 7.31. The van der Waals surface area contributed by atoms with Gasteiger partial charge in [-0.2, -0.15) is 0 Å².